The van der Waals surface area contributed by atoms with Crippen molar-refractivity contribution in [1.82, 2.24) is 5.32 Å². The highest BCUT2D eigenvalue weighted by Gasteiger charge is 2.32. The molecule has 2 amide bonds. The average Bonchev–Trinajstić information content (AvgIpc) is 3.06. The van der Waals surface area contributed by atoms with Crippen LogP contribution in [0.5, 0.6) is 0 Å². The number of carbonyl (C=O) groups is 2. The molecule has 1 N–H and O–H groups in total. The molecule has 0 saturated heterocycles. The van der Waals surface area contributed by atoms with Crippen LogP contribution in [0.1, 0.15) is 36.5 Å². The van der Waals surface area contributed by atoms with Gasteiger partial charge in [-0.3, -0.25) is 14.5 Å². The van der Waals surface area contributed by atoms with E-state index in [0.29, 0.717) is 23.3 Å². The van der Waals surface area contributed by atoms with Crippen LogP contribution in [0.15, 0.2) is 71.9 Å². The van der Waals surface area contributed by atoms with E-state index in [2.05, 4.69) is 42.9 Å². The summed E-state index contributed by atoms with van der Waals surface area (Å²) in [5.74, 6) is 0.273. The second-order valence-corrected chi connectivity index (χ2v) is 8.55. The third kappa shape index (κ3) is 5.73. The molecule has 0 aliphatic carbocycles. The molecule has 0 unspecified atom stereocenters. The Labute approximate surface area is 187 Å². The number of carbonyl (C=O) groups excluding carboxylic acids is 2. The molecule has 2 aromatic carbocycles. The Balaban J connectivity index is 1.88. The average molecular weight is 434 g/mol. The predicted molar refractivity (Wildman–Crippen MR) is 130 cm³/mol. The van der Waals surface area contributed by atoms with Gasteiger partial charge in [0, 0.05) is 6.54 Å². The van der Waals surface area contributed by atoms with Gasteiger partial charge >= 0.3 is 0 Å². The Morgan fingerprint density at radius 2 is 1.84 bits per heavy atom. The van der Waals surface area contributed by atoms with Gasteiger partial charge in [0.1, 0.15) is 5.70 Å². The summed E-state index contributed by atoms with van der Waals surface area (Å²) < 4.78 is 0. The maximum Gasteiger partial charge on any atom is 0.283 e. The fourth-order valence-corrected chi connectivity index (χ4v) is 3.86. The van der Waals surface area contributed by atoms with Crippen LogP contribution < -0.4 is 10.2 Å². The predicted octanol–water partition coefficient (Wildman–Crippen LogP) is 4.90. The SMILES string of the molecule is C=CCNC(=O)CSC1=NC(=Cc2ccc(C(C)C)cc2)C(=O)N1c1ccc(C)cc1. The molecule has 1 aliphatic rings. The minimum Gasteiger partial charge on any atom is -0.352 e. The van der Waals surface area contributed by atoms with Crippen molar-refractivity contribution in [2.45, 2.75) is 26.7 Å². The number of benzene rings is 2. The summed E-state index contributed by atoms with van der Waals surface area (Å²) in [4.78, 5) is 31.4. The van der Waals surface area contributed by atoms with Gasteiger partial charge < -0.3 is 5.32 Å². The zero-order valence-electron chi connectivity index (χ0n) is 18.1. The van der Waals surface area contributed by atoms with Gasteiger partial charge in [0.25, 0.3) is 5.91 Å². The fraction of sp³-hybridized carbons (Fsp3) is 0.240. The van der Waals surface area contributed by atoms with Gasteiger partial charge in [0.05, 0.1) is 11.4 Å². The van der Waals surface area contributed by atoms with Gasteiger partial charge in [-0.05, 0) is 42.2 Å². The summed E-state index contributed by atoms with van der Waals surface area (Å²) in [5, 5.41) is 3.24. The van der Waals surface area contributed by atoms with E-state index >= 15 is 0 Å². The summed E-state index contributed by atoms with van der Waals surface area (Å²) in [5.41, 5.74) is 4.34. The molecule has 31 heavy (non-hydrogen) atoms. The lowest BCUT2D eigenvalue weighted by Crippen LogP contribution is -2.32. The Bertz CT molecular complexity index is 1020. The van der Waals surface area contributed by atoms with Gasteiger partial charge in [-0.25, -0.2) is 4.99 Å². The summed E-state index contributed by atoms with van der Waals surface area (Å²) in [6.07, 6.45) is 3.42. The van der Waals surface area contributed by atoms with Crippen molar-refractivity contribution in [2.75, 3.05) is 17.2 Å². The van der Waals surface area contributed by atoms with E-state index in [1.165, 1.54) is 17.3 Å². The van der Waals surface area contributed by atoms with Crippen LogP contribution in [0.2, 0.25) is 0 Å². The maximum atomic E-state index is 13.2. The number of nitrogens with zero attached hydrogens (tertiary/aromatic N) is 2. The van der Waals surface area contributed by atoms with Crippen molar-refractivity contribution < 1.29 is 9.59 Å². The zero-order chi connectivity index (χ0) is 22.4. The van der Waals surface area contributed by atoms with Gasteiger partial charge in [-0.1, -0.05) is 73.6 Å². The van der Waals surface area contributed by atoms with Crippen molar-refractivity contribution in [1.29, 1.82) is 0 Å². The molecule has 6 heteroatoms. The van der Waals surface area contributed by atoms with E-state index in [1.807, 2.05) is 43.3 Å². The van der Waals surface area contributed by atoms with Crippen LogP contribution in [-0.2, 0) is 9.59 Å². The minimum atomic E-state index is -0.203. The van der Waals surface area contributed by atoms with Crippen LogP contribution in [0.3, 0.4) is 0 Å². The number of anilines is 1. The first kappa shape index (κ1) is 22.6. The number of thioether (sulfide) groups is 1. The lowest BCUT2D eigenvalue weighted by atomic mass is 10.0. The number of hydrogen-bond acceptors (Lipinski definition) is 4. The Morgan fingerprint density at radius 3 is 2.45 bits per heavy atom. The molecule has 0 atom stereocenters. The first-order chi connectivity index (χ1) is 14.9. The van der Waals surface area contributed by atoms with Crippen molar-refractivity contribution in [3.05, 3.63) is 83.6 Å². The molecule has 1 aliphatic heterocycles. The highest BCUT2D eigenvalue weighted by Crippen LogP contribution is 2.29. The van der Waals surface area contributed by atoms with Gasteiger partial charge in [0.2, 0.25) is 5.91 Å². The normalized spacial score (nSPS) is 14.8. The van der Waals surface area contributed by atoms with E-state index in [1.54, 1.807) is 17.1 Å². The topological polar surface area (TPSA) is 61.8 Å². The van der Waals surface area contributed by atoms with Crippen molar-refractivity contribution >= 4 is 40.5 Å². The first-order valence-corrected chi connectivity index (χ1v) is 11.2. The smallest absolute Gasteiger partial charge is 0.283 e. The number of amides is 2. The second kappa shape index (κ2) is 10.3. The molecule has 0 radical (unpaired) electrons. The van der Waals surface area contributed by atoms with E-state index in [0.717, 1.165) is 16.8 Å². The summed E-state index contributed by atoms with van der Waals surface area (Å²) >= 11 is 1.24. The highest BCUT2D eigenvalue weighted by atomic mass is 32.2. The van der Waals surface area contributed by atoms with Crippen molar-refractivity contribution in [2.24, 2.45) is 4.99 Å². The summed E-state index contributed by atoms with van der Waals surface area (Å²) in [6, 6.07) is 15.8. The molecule has 0 aromatic heterocycles. The van der Waals surface area contributed by atoms with E-state index in [-0.39, 0.29) is 17.6 Å². The van der Waals surface area contributed by atoms with Gasteiger partial charge in [0.15, 0.2) is 5.17 Å². The quantitative estimate of drug-likeness (QED) is 0.499. The van der Waals surface area contributed by atoms with Crippen molar-refractivity contribution in [3.63, 3.8) is 0 Å². The van der Waals surface area contributed by atoms with Crippen LogP contribution in [0.4, 0.5) is 5.69 Å². The highest BCUT2D eigenvalue weighted by molar-refractivity contribution is 8.14. The number of aryl methyl sites for hydroxylation is 1. The number of hydrogen-bond donors (Lipinski definition) is 1. The van der Waals surface area contributed by atoms with E-state index < -0.39 is 0 Å². The van der Waals surface area contributed by atoms with Crippen LogP contribution in [-0.4, -0.2) is 29.3 Å². The number of amidine groups is 1. The molecular formula is C25H27N3O2S. The zero-order valence-corrected chi connectivity index (χ0v) is 18.9. The Morgan fingerprint density at radius 1 is 1.16 bits per heavy atom. The molecule has 1 heterocycles. The molecule has 0 saturated carbocycles. The number of rotatable bonds is 7. The number of nitrogens with one attached hydrogen (secondary N) is 1. The van der Waals surface area contributed by atoms with Crippen molar-refractivity contribution in [3.8, 4) is 0 Å². The van der Waals surface area contributed by atoms with Gasteiger partial charge in [-0.15, -0.1) is 6.58 Å². The molecule has 0 bridgehead atoms. The monoisotopic (exact) mass is 433 g/mol. The molecule has 0 fully saturated rings. The molecule has 2 aromatic rings. The lowest BCUT2D eigenvalue weighted by Gasteiger charge is -2.18. The van der Waals surface area contributed by atoms with Gasteiger partial charge in [-0.2, -0.15) is 0 Å². The molecule has 160 valence electrons. The fourth-order valence-electron chi connectivity index (χ4n) is 3.02. The third-order valence-electron chi connectivity index (χ3n) is 4.80. The van der Waals surface area contributed by atoms with E-state index in [9.17, 15) is 9.59 Å². The van der Waals surface area contributed by atoms with Crippen LogP contribution in [0.25, 0.3) is 6.08 Å². The number of aliphatic imine (C=N–C) groups is 1. The molecular weight excluding hydrogens is 406 g/mol. The Kier molecular flexibility index (Phi) is 7.47. The largest absolute Gasteiger partial charge is 0.352 e. The second-order valence-electron chi connectivity index (χ2n) is 7.60. The van der Waals surface area contributed by atoms with E-state index in [4.69, 9.17) is 0 Å². The summed E-state index contributed by atoms with van der Waals surface area (Å²) in [6.45, 7) is 10.3. The maximum absolute atomic E-state index is 13.2. The minimum absolute atomic E-state index is 0.134. The van der Waals surface area contributed by atoms with Crippen LogP contribution in [0, 0.1) is 6.92 Å². The lowest BCUT2D eigenvalue weighted by molar-refractivity contribution is -0.118. The molecule has 3 rings (SSSR count). The first-order valence-electron chi connectivity index (χ1n) is 10.2. The summed E-state index contributed by atoms with van der Waals surface area (Å²) in [7, 11) is 0. The third-order valence-corrected chi connectivity index (χ3v) is 5.74. The standard InChI is InChI=1S/C25H27N3O2S/c1-5-14-26-23(29)16-31-25-27-22(15-19-8-10-20(11-9-19)17(2)3)24(30)28(25)21-12-6-18(4)7-13-21/h5-13,15,17H,1,14,16H2,2-4H3,(H,26,29). The van der Waals surface area contributed by atoms with Crippen LogP contribution >= 0.6 is 11.8 Å². The Hall–Kier alpha value is -3.12. The molecule has 5 nitrogen and oxygen atoms in total. The molecule has 0 spiro atoms.